The van der Waals surface area contributed by atoms with E-state index < -0.39 is 0 Å². The number of hydrogen-bond donors (Lipinski definition) is 2. The van der Waals surface area contributed by atoms with E-state index in [0.29, 0.717) is 6.54 Å². The lowest BCUT2D eigenvalue weighted by molar-refractivity contribution is -0.126. The minimum atomic E-state index is 0. The molecule has 2 atom stereocenters. The summed E-state index contributed by atoms with van der Waals surface area (Å²) in [6.07, 6.45) is 7.57. The third kappa shape index (κ3) is 5.49. The fourth-order valence-corrected chi connectivity index (χ4v) is 4.12. The molecule has 2 aromatic carbocycles. The van der Waals surface area contributed by atoms with Gasteiger partial charge in [0.15, 0.2) is 0 Å². The molecule has 5 nitrogen and oxygen atoms in total. The minimum Gasteiger partial charge on any atom is -0.352 e. The molecule has 4 rings (SSSR count). The van der Waals surface area contributed by atoms with Gasteiger partial charge in [-0.2, -0.15) is 5.10 Å². The molecule has 1 aliphatic rings. The van der Waals surface area contributed by atoms with Gasteiger partial charge in [0.25, 0.3) is 0 Å². The van der Waals surface area contributed by atoms with Gasteiger partial charge in [0.1, 0.15) is 0 Å². The van der Waals surface area contributed by atoms with Gasteiger partial charge in [0.05, 0.1) is 6.54 Å². The third-order valence-electron chi connectivity index (χ3n) is 5.72. The molecular formula is C24H29ClN4O. The lowest BCUT2D eigenvalue weighted by Crippen LogP contribution is -2.37. The van der Waals surface area contributed by atoms with Crippen molar-refractivity contribution in [1.29, 1.82) is 0 Å². The SMILES string of the molecule is Cl.NC1CCCC(C(=O)NCc2ccccc2-c2ccc(Cn3cccn3)cc2)C1. The molecule has 1 aliphatic carbocycles. The predicted molar refractivity (Wildman–Crippen MR) is 122 cm³/mol. The van der Waals surface area contributed by atoms with Gasteiger partial charge in [-0.1, -0.05) is 55.0 Å². The van der Waals surface area contributed by atoms with Crippen LogP contribution in [0.25, 0.3) is 11.1 Å². The number of hydrogen-bond acceptors (Lipinski definition) is 3. The van der Waals surface area contributed by atoms with E-state index in [9.17, 15) is 4.79 Å². The van der Waals surface area contributed by atoms with Crippen LogP contribution in [0.1, 0.15) is 36.8 Å². The number of halogens is 1. The quantitative estimate of drug-likeness (QED) is 0.624. The van der Waals surface area contributed by atoms with Crippen molar-refractivity contribution in [2.45, 2.75) is 44.8 Å². The van der Waals surface area contributed by atoms with Gasteiger partial charge >= 0.3 is 0 Å². The number of aromatic nitrogens is 2. The fourth-order valence-electron chi connectivity index (χ4n) is 4.12. The number of benzene rings is 2. The highest BCUT2D eigenvalue weighted by Crippen LogP contribution is 2.26. The zero-order valence-electron chi connectivity index (χ0n) is 17.0. The lowest BCUT2D eigenvalue weighted by atomic mass is 9.85. The molecule has 3 N–H and O–H groups in total. The van der Waals surface area contributed by atoms with Crippen molar-refractivity contribution in [3.05, 3.63) is 78.1 Å². The summed E-state index contributed by atoms with van der Waals surface area (Å²) >= 11 is 0. The van der Waals surface area contributed by atoms with E-state index in [4.69, 9.17) is 5.73 Å². The van der Waals surface area contributed by atoms with Crippen molar-refractivity contribution in [1.82, 2.24) is 15.1 Å². The monoisotopic (exact) mass is 424 g/mol. The number of nitrogens with one attached hydrogen (secondary N) is 1. The maximum absolute atomic E-state index is 12.6. The average Bonchev–Trinajstić information content (AvgIpc) is 3.26. The van der Waals surface area contributed by atoms with Crippen molar-refractivity contribution in [3.8, 4) is 11.1 Å². The molecule has 2 unspecified atom stereocenters. The Balaban J connectivity index is 0.00000256. The van der Waals surface area contributed by atoms with Crippen LogP contribution in [0.3, 0.4) is 0 Å². The second-order valence-electron chi connectivity index (χ2n) is 7.90. The number of carbonyl (C=O) groups excluding carboxylic acids is 1. The van der Waals surface area contributed by atoms with Crippen molar-refractivity contribution < 1.29 is 4.79 Å². The van der Waals surface area contributed by atoms with Crippen molar-refractivity contribution in [2.24, 2.45) is 11.7 Å². The van der Waals surface area contributed by atoms with E-state index in [-0.39, 0.29) is 30.3 Å². The van der Waals surface area contributed by atoms with Crippen LogP contribution < -0.4 is 11.1 Å². The largest absolute Gasteiger partial charge is 0.352 e. The summed E-state index contributed by atoms with van der Waals surface area (Å²) in [7, 11) is 0. The number of amides is 1. The molecule has 1 saturated carbocycles. The van der Waals surface area contributed by atoms with Crippen molar-refractivity contribution in [3.63, 3.8) is 0 Å². The topological polar surface area (TPSA) is 72.9 Å². The Bertz CT molecular complexity index is 940. The zero-order chi connectivity index (χ0) is 20.1. The van der Waals surface area contributed by atoms with Gasteiger partial charge in [-0.05, 0) is 47.6 Å². The Morgan fingerprint density at radius 1 is 1.10 bits per heavy atom. The van der Waals surface area contributed by atoms with E-state index in [0.717, 1.165) is 48.9 Å². The molecule has 3 aromatic rings. The highest BCUT2D eigenvalue weighted by atomic mass is 35.5. The molecular weight excluding hydrogens is 396 g/mol. The number of carbonyl (C=O) groups is 1. The Morgan fingerprint density at radius 2 is 1.90 bits per heavy atom. The molecule has 6 heteroatoms. The average molecular weight is 425 g/mol. The molecule has 1 aromatic heterocycles. The Hall–Kier alpha value is -2.63. The molecule has 1 heterocycles. The first-order valence-corrected chi connectivity index (χ1v) is 10.4. The van der Waals surface area contributed by atoms with Crippen molar-refractivity contribution >= 4 is 18.3 Å². The van der Waals surface area contributed by atoms with Gasteiger partial charge in [-0.15, -0.1) is 12.4 Å². The van der Waals surface area contributed by atoms with E-state index in [1.165, 1.54) is 5.56 Å². The normalized spacial score (nSPS) is 18.4. The third-order valence-corrected chi connectivity index (χ3v) is 5.72. The van der Waals surface area contributed by atoms with Gasteiger partial charge in [-0.25, -0.2) is 0 Å². The molecule has 0 aliphatic heterocycles. The summed E-state index contributed by atoms with van der Waals surface area (Å²) in [5, 5.41) is 7.39. The van der Waals surface area contributed by atoms with E-state index in [1.54, 1.807) is 6.20 Å². The number of rotatable bonds is 6. The van der Waals surface area contributed by atoms with Crippen LogP contribution >= 0.6 is 12.4 Å². The molecule has 0 bridgehead atoms. The van der Waals surface area contributed by atoms with Crippen LogP contribution in [0, 0.1) is 5.92 Å². The fraction of sp³-hybridized carbons (Fsp3) is 0.333. The molecule has 0 saturated heterocycles. The molecule has 1 amide bonds. The predicted octanol–water partition coefficient (Wildman–Crippen LogP) is 4.15. The van der Waals surface area contributed by atoms with Crippen LogP contribution in [-0.2, 0) is 17.9 Å². The zero-order valence-corrected chi connectivity index (χ0v) is 17.9. The van der Waals surface area contributed by atoms with Gasteiger partial charge in [0.2, 0.25) is 5.91 Å². The summed E-state index contributed by atoms with van der Waals surface area (Å²) < 4.78 is 1.91. The van der Waals surface area contributed by atoms with Crippen LogP contribution in [0.4, 0.5) is 0 Å². The summed E-state index contributed by atoms with van der Waals surface area (Å²) in [6.45, 7) is 1.30. The first kappa shape index (κ1) is 22.1. The van der Waals surface area contributed by atoms with Crippen LogP contribution in [-0.4, -0.2) is 21.7 Å². The minimum absolute atomic E-state index is 0. The van der Waals surface area contributed by atoms with Gasteiger partial charge in [0, 0.05) is 30.9 Å². The highest BCUT2D eigenvalue weighted by molar-refractivity contribution is 5.85. The first-order valence-electron chi connectivity index (χ1n) is 10.4. The van der Waals surface area contributed by atoms with Crippen LogP contribution in [0.15, 0.2) is 67.0 Å². The summed E-state index contributed by atoms with van der Waals surface area (Å²) in [6, 6.07) is 18.9. The molecule has 0 spiro atoms. The van der Waals surface area contributed by atoms with E-state index in [2.05, 4.69) is 46.8 Å². The van der Waals surface area contributed by atoms with Gasteiger partial charge in [-0.3, -0.25) is 9.48 Å². The summed E-state index contributed by atoms with van der Waals surface area (Å²) in [4.78, 5) is 12.6. The molecule has 1 fully saturated rings. The Labute approximate surface area is 184 Å². The van der Waals surface area contributed by atoms with Crippen LogP contribution in [0.2, 0.25) is 0 Å². The van der Waals surface area contributed by atoms with E-state index in [1.807, 2.05) is 29.1 Å². The second kappa shape index (κ2) is 10.4. The molecule has 30 heavy (non-hydrogen) atoms. The Kier molecular flexibility index (Phi) is 7.66. The maximum Gasteiger partial charge on any atom is 0.223 e. The van der Waals surface area contributed by atoms with Gasteiger partial charge < -0.3 is 11.1 Å². The number of nitrogens with zero attached hydrogens (tertiary/aromatic N) is 2. The maximum atomic E-state index is 12.6. The highest BCUT2D eigenvalue weighted by Gasteiger charge is 2.25. The standard InChI is InChI=1S/C24H28N4O.ClH/c25-22-7-3-6-20(15-22)24(29)26-16-21-5-1-2-8-23(21)19-11-9-18(10-12-19)17-28-14-4-13-27-28;/h1-2,4-5,8-14,20,22H,3,6-7,15-17,25H2,(H,26,29);1H. The summed E-state index contributed by atoms with van der Waals surface area (Å²) in [5.41, 5.74) is 10.7. The van der Waals surface area contributed by atoms with Crippen LogP contribution in [0.5, 0.6) is 0 Å². The Morgan fingerprint density at radius 3 is 2.63 bits per heavy atom. The van der Waals surface area contributed by atoms with Crippen molar-refractivity contribution in [2.75, 3.05) is 0 Å². The molecule has 158 valence electrons. The summed E-state index contributed by atoms with van der Waals surface area (Å²) in [5.74, 6) is 0.178. The van der Waals surface area contributed by atoms with E-state index >= 15 is 0 Å². The lowest BCUT2D eigenvalue weighted by Gasteiger charge is -2.25. The second-order valence-corrected chi connectivity index (χ2v) is 7.90. The number of nitrogens with two attached hydrogens (primary N) is 1. The molecule has 0 radical (unpaired) electrons. The smallest absolute Gasteiger partial charge is 0.223 e. The first-order chi connectivity index (χ1) is 14.2.